The van der Waals surface area contributed by atoms with Crippen LogP contribution in [0.15, 0.2) is 73.2 Å². The highest BCUT2D eigenvalue weighted by Crippen LogP contribution is 2.22. The summed E-state index contributed by atoms with van der Waals surface area (Å²) in [6, 6.07) is 16.4. The molecule has 4 N–H and O–H groups in total. The molecule has 0 saturated carbocycles. The van der Waals surface area contributed by atoms with Crippen LogP contribution in [-0.2, 0) is 0 Å². The van der Waals surface area contributed by atoms with Crippen LogP contribution in [0.1, 0.15) is 0 Å². The first-order valence-electron chi connectivity index (χ1n) is 8.02. The second-order valence-corrected chi connectivity index (χ2v) is 5.69. The van der Waals surface area contributed by atoms with E-state index in [0.717, 1.165) is 16.9 Å². The third-order valence-electron chi connectivity index (χ3n) is 3.87. The molecule has 0 bridgehead atoms. The Morgan fingerprint density at radius 1 is 0.962 bits per heavy atom. The number of nitrogen functional groups attached to an aromatic ring is 1. The topological polar surface area (TPSA) is 97.3 Å². The van der Waals surface area contributed by atoms with Crippen LogP contribution in [0.4, 0.5) is 22.0 Å². The second-order valence-electron chi connectivity index (χ2n) is 5.69. The van der Waals surface area contributed by atoms with Gasteiger partial charge in [-0.25, -0.2) is 14.8 Å². The number of nitrogens with one attached hydrogen (secondary N) is 2. The molecule has 7 nitrogen and oxygen atoms in total. The van der Waals surface area contributed by atoms with Gasteiger partial charge in [-0.05, 0) is 24.3 Å². The molecule has 26 heavy (non-hydrogen) atoms. The van der Waals surface area contributed by atoms with Gasteiger partial charge in [0.1, 0.15) is 0 Å². The molecule has 2 heterocycles. The summed E-state index contributed by atoms with van der Waals surface area (Å²) < 4.78 is 1.83. The smallest absolute Gasteiger partial charge is 0.323 e. The molecule has 0 spiro atoms. The van der Waals surface area contributed by atoms with E-state index in [9.17, 15) is 4.79 Å². The van der Waals surface area contributed by atoms with E-state index in [1.165, 1.54) is 0 Å². The Morgan fingerprint density at radius 3 is 2.38 bits per heavy atom. The van der Waals surface area contributed by atoms with E-state index < -0.39 is 0 Å². The van der Waals surface area contributed by atoms with Crippen LogP contribution in [-0.4, -0.2) is 20.4 Å². The monoisotopic (exact) mass is 344 g/mol. The van der Waals surface area contributed by atoms with Gasteiger partial charge in [0.25, 0.3) is 0 Å². The fourth-order valence-corrected chi connectivity index (χ4v) is 2.63. The molecule has 0 unspecified atom stereocenters. The number of carbonyl (C=O) groups excluding carboxylic acids is 1. The lowest BCUT2D eigenvalue weighted by molar-refractivity contribution is 0.262. The van der Waals surface area contributed by atoms with Gasteiger partial charge in [-0.2, -0.15) is 0 Å². The van der Waals surface area contributed by atoms with Gasteiger partial charge in [-0.1, -0.05) is 30.3 Å². The van der Waals surface area contributed by atoms with Gasteiger partial charge >= 0.3 is 6.03 Å². The van der Waals surface area contributed by atoms with Crippen molar-refractivity contribution in [1.29, 1.82) is 0 Å². The number of rotatable bonds is 3. The molecular formula is C19H16N6O. The van der Waals surface area contributed by atoms with E-state index in [0.29, 0.717) is 17.2 Å². The molecule has 2 aromatic carbocycles. The van der Waals surface area contributed by atoms with E-state index >= 15 is 0 Å². The van der Waals surface area contributed by atoms with Crippen molar-refractivity contribution in [3.8, 4) is 11.3 Å². The first-order valence-corrected chi connectivity index (χ1v) is 8.02. The highest BCUT2D eigenvalue weighted by atomic mass is 16.2. The molecule has 0 fully saturated rings. The van der Waals surface area contributed by atoms with Crippen molar-refractivity contribution in [2.75, 3.05) is 16.4 Å². The molecule has 7 heteroatoms. The number of para-hydroxylation sites is 1. The summed E-state index contributed by atoms with van der Waals surface area (Å²) in [5.41, 5.74) is 9.61. The Balaban J connectivity index is 1.50. The molecule has 4 rings (SSSR count). The number of anilines is 3. The van der Waals surface area contributed by atoms with E-state index in [1.807, 2.05) is 71.4 Å². The zero-order chi connectivity index (χ0) is 17.9. The normalized spacial score (nSPS) is 10.6. The maximum Gasteiger partial charge on any atom is 0.323 e. The molecule has 4 aromatic rings. The average Bonchev–Trinajstić information content (AvgIpc) is 3.12. The SMILES string of the molecule is Nc1nc(-c2ccc(NC(=O)Nc3ccccc3)cc2)cn2ccnc12. The zero-order valence-corrected chi connectivity index (χ0v) is 13.8. The number of urea groups is 1. The van der Waals surface area contributed by atoms with Gasteiger partial charge in [0, 0.05) is 35.5 Å². The lowest BCUT2D eigenvalue weighted by Gasteiger charge is -2.09. The first kappa shape index (κ1) is 15.6. The summed E-state index contributed by atoms with van der Waals surface area (Å²) >= 11 is 0. The van der Waals surface area contributed by atoms with Crippen molar-refractivity contribution < 1.29 is 4.79 Å². The molecule has 2 aromatic heterocycles. The largest absolute Gasteiger partial charge is 0.381 e. The summed E-state index contributed by atoms with van der Waals surface area (Å²) in [7, 11) is 0. The van der Waals surface area contributed by atoms with E-state index in [-0.39, 0.29) is 6.03 Å². The van der Waals surface area contributed by atoms with Gasteiger partial charge in [0.2, 0.25) is 0 Å². The van der Waals surface area contributed by atoms with Crippen LogP contribution < -0.4 is 16.4 Å². The minimum absolute atomic E-state index is 0.300. The Morgan fingerprint density at radius 2 is 1.65 bits per heavy atom. The number of imidazole rings is 1. The fourth-order valence-electron chi connectivity index (χ4n) is 2.63. The van der Waals surface area contributed by atoms with Crippen molar-refractivity contribution in [3.63, 3.8) is 0 Å². The number of benzene rings is 2. The van der Waals surface area contributed by atoms with Crippen LogP contribution in [0.2, 0.25) is 0 Å². The highest BCUT2D eigenvalue weighted by Gasteiger charge is 2.07. The highest BCUT2D eigenvalue weighted by molar-refractivity contribution is 5.99. The van der Waals surface area contributed by atoms with Crippen molar-refractivity contribution in [2.45, 2.75) is 0 Å². The van der Waals surface area contributed by atoms with E-state index in [4.69, 9.17) is 5.73 Å². The molecule has 0 aliphatic heterocycles. The average molecular weight is 344 g/mol. The Labute approximate surface area is 149 Å². The standard InChI is InChI=1S/C19H16N6O/c20-17-18-21-10-11-25(18)12-16(24-17)13-6-8-15(9-7-13)23-19(26)22-14-4-2-1-3-5-14/h1-12H,(H2,20,24)(H2,22,23,26). The Hall–Kier alpha value is -3.87. The van der Waals surface area contributed by atoms with E-state index in [1.54, 1.807) is 6.20 Å². The summed E-state index contributed by atoms with van der Waals surface area (Å²) in [6.07, 6.45) is 5.36. The van der Waals surface area contributed by atoms with Gasteiger partial charge < -0.3 is 20.8 Å². The maximum atomic E-state index is 12.0. The lowest BCUT2D eigenvalue weighted by atomic mass is 10.1. The molecule has 0 aliphatic carbocycles. The second kappa shape index (κ2) is 6.56. The van der Waals surface area contributed by atoms with Crippen molar-refractivity contribution in [1.82, 2.24) is 14.4 Å². The number of carbonyl (C=O) groups is 1. The molecule has 0 saturated heterocycles. The lowest BCUT2D eigenvalue weighted by Crippen LogP contribution is -2.19. The van der Waals surface area contributed by atoms with Crippen LogP contribution in [0.5, 0.6) is 0 Å². The predicted molar refractivity (Wildman–Crippen MR) is 102 cm³/mol. The number of nitrogens with two attached hydrogens (primary N) is 1. The molecule has 2 amide bonds. The molecule has 0 aliphatic rings. The quantitative estimate of drug-likeness (QED) is 0.529. The third-order valence-corrected chi connectivity index (χ3v) is 3.87. The van der Waals surface area contributed by atoms with Crippen molar-refractivity contribution in [2.24, 2.45) is 0 Å². The molecule has 128 valence electrons. The number of amides is 2. The Kier molecular flexibility index (Phi) is 3.95. The number of aromatic nitrogens is 3. The fraction of sp³-hybridized carbons (Fsp3) is 0. The van der Waals surface area contributed by atoms with Crippen molar-refractivity contribution >= 4 is 28.9 Å². The van der Waals surface area contributed by atoms with Gasteiger partial charge in [-0.15, -0.1) is 0 Å². The van der Waals surface area contributed by atoms with Crippen molar-refractivity contribution in [3.05, 3.63) is 73.2 Å². The summed E-state index contributed by atoms with van der Waals surface area (Å²) in [5, 5.41) is 5.57. The van der Waals surface area contributed by atoms with Gasteiger partial charge in [0.05, 0.1) is 5.69 Å². The van der Waals surface area contributed by atoms with Gasteiger partial charge in [0.15, 0.2) is 11.5 Å². The minimum atomic E-state index is -0.300. The summed E-state index contributed by atoms with van der Waals surface area (Å²) in [6.45, 7) is 0. The molecule has 0 atom stereocenters. The van der Waals surface area contributed by atoms with Crippen LogP contribution >= 0.6 is 0 Å². The zero-order valence-electron chi connectivity index (χ0n) is 13.8. The number of nitrogens with zero attached hydrogens (tertiary/aromatic N) is 3. The number of hydrogen-bond acceptors (Lipinski definition) is 4. The van der Waals surface area contributed by atoms with E-state index in [2.05, 4.69) is 20.6 Å². The molecule has 0 radical (unpaired) electrons. The third kappa shape index (κ3) is 3.18. The molecular weight excluding hydrogens is 328 g/mol. The Bertz CT molecular complexity index is 1060. The minimum Gasteiger partial charge on any atom is -0.381 e. The van der Waals surface area contributed by atoms with Crippen LogP contribution in [0.3, 0.4) is 0 Å². The first-order chi connectivity index (χ1) is 12.7. The summed E-state index contributed by atoms with van der Waals surface area (Å²) in [4.78, 5) is 20.6. The number of fused-ring (bicyclic) bond motifs is 1. The number of hydrogen-bond donors (Lipinski definition) is 3. The van der Waals surface area contributed by atoms with Crippen LogP contribution in [0.25, 0.3) is 16.9 Å². The predicted octanol–water partition coefficient (Wildman–Crippen LogP) is 3.62. The van der Waals surface area contributed by atoms with Crippen LogP contribution in [0, 0.1) is 0 Å². The summed E-state index contributed by atoms with van der Waals surface area (Å²) in [5.74, 6) is 0.372. The maximum absolute atomic E-state index is 12.0. The van der Waals surface area contributed by atoms with Gasteiger partial charge in [-0.3, -0.25) is 0 Å².